The number of hydrogen-bond acceptors (Lipinski definition) is 4. The van der Waals surface area contributed by atoms with E-state index < -0.39 is 50.7 Å². The number of rotatable bonds is 5. The number of halogens is 2. The van der Waals surface area contributed by atoms with Crippen LogP contribution in [0.2, 0.25) is 0 Å². The average molecular weight is 295 g/mol. The Balaban J connectivity index is 3.37. The summed E-state index contributed by atoms with van der Waals surface area (Å²) in [6, 6.07) is 0.261. The van der Waals surface area contributed by atoms with Crippen molar-refractivity contribution in [3.05, 3.63) is 29.3 Å². The summed E-state index contributed by atoms with van der Waals surface area (Å²) in [5.41, 5.74) is -1.35. The van der Waals surface area contributed by atoms with Gasteiger partial charge >= 0.3 is 5.97 Å². The fourth-order valence-electron chi connectivity index (χ4n) is 1.30. The Kier molecular flexibility index (Phi) is 4.56. The van der Waals surface area contributed by atoms with Crippen molar-refractivity contribution in [3.8, 4) is 0 Å². The first-order valence-corrected chi connectivity index (χ1v) is 6.53. The summed E-state index contributed by atoms with van der Waals surface area (Å²) in [6.45, 7) is 0.783. The van der Waals surface area contributed by atoms with Gasteiger partial charge in [-0.1, -0.05) is 0 Å². The highest BCUT2D eigenvalue weighted by Crippen LogP contribution is 2.21. The number of benzene rings is 1. The monoisotopic (exact) mass is 295 g/mol. The zero-order valence-electron chi connectivity index (χ0n) is 9.72. The van der Waals surface area contributed by atoms with Gasteiger partial charge in [0.15, 0.2) is 5.82 Å². The van der Waals surface area contributed by atoms with Crippen molar-refractivity contribution >= 4 is 16.0 Å². The van der Waals surface area contributed by atoms with Gasteiger partial charge < -0.3 is 10.2 Å². The van der Waals surface area contributed by atoms with Gasteiger partial charge in [-0.2, -0.15) is 0 Å². The fraction of sp³-hybridized carbons (Fsp3) is 0.300. The normalized spacial score (nSPS) is 13.3. The Morgan fingerprint density at radius 1 is 1.42 bits per heavy atom. The van der Waals surface area contributed by atoms with Crippen LogP contribution < -0.4 is 4.72 Å². The smallest absolute Gasteiger partial charge is 0.341 e. The van der Waals surface area contributed by atoms with E-state index in [0.29, 0.717) is 12.1 Å². The molecule has 0 heterocycles. The Morgan fingerprint density at radius 3 is 2.47 bits per heavy atom. The van der Waals surface area contributed by atoms with Crippen LogP contribution >= 0.6 is 0 Å². The van der Waals surface area contributed by atoms with Gasteiger partial charge in [0.1, 0.15) is 16.3 Å². The first-order valence-electron chi connectivity index (χ1n) is 5.05. The number of carbonyl (C=O) groups is 1. The molecule has 0 fully saturated rings. The molecule has 3 N–H and O–H groups in total. The minimum absolute atomic E-state index is 0.534. The first-order chi connectivity index (χ1) is 8.70. The number of aliphatic hydroxyl groups excluding tert-OH is 1. The lowest BCUT2D eigenvalue weighted by atomic mass is 10.2. The van der Waals surface area contributed by atoms with Crippen LogP contribution in [0, 0.1) is 11.6 Å². The molecule has 0 aliphatic rings. The van der Waals surface area contributed by atoms with E-state index in [4.69, 9.17) is 10.2 Å². The maximum atomic E-state index is 13.7. The molecule has 1 unspecified atom stereocenters. The van der Waals surface area contributed by atoms with E-state index in [2.05, 4.69) is 0 Å². The molecule has 0 saturated carbocycles. The summed E-state index contributed by atoms with van der Waals surface area (Å²) in [7, 11) is -4.39. The van der Waals surface area contributed by atoms with Gasteiger partial charge in [-0.15, -0.1) is 0 Å². The van der Waals surface area contributed by atoms with Gasteiger partial charge in [-0.25, -0.2) is 26.7 Å². The van der Waals surface area contributed by atoms with Crippen LogP contribution in [-0.2, 0) is 10.0 Å². The predicted octanol–water partition coefficient (Wildman–Crippen LogP) is 0.322. The number of nitrogens with one attached hydrogen (secondary N) is 1. The molecule has 1 rings (SSSR count). The van der Waals surface area contributed by atoms with Crippen LogP contribution in [-0.4, -0.2) is 37.2 Å². The quantitative estimate of drug-likeness (QED) is 0.726. The standard InChI is InChI=1S/C10H11F2NO5S/c1-5(4-14)13-19(17,18)7-3-2-6(11)8(9(7)12)10(15)16/h2-3,5,13-14H,4H2,1H3,(H,15,16). The third-order valence-electron chi connectivity index (χ3n) is 2.19. The Labute approximate surface area is 107 Å². The number of carboxylic acids is 1. The number of aromatic carboxylic acids is 1. The highest BCUT2D eigenvalue weighted by Gasteiger charge is 2.27. The molecule has 0 spiro atoms. The van der Waals surface area contributed by atoms with E-state index in [1.807, 2.05) is 4.72 Å². The molecule has 106 valence electrons. The lowest BCUT2D eigenvalue weighted by Gasteiger charge is -2.13. The van der Waals surface area contributed by atoms with Gasteiger partial charge in [0, 0.05) is 6.04 Å². The lowest BCUT2D eigenvalue weighted by Crippen LogP contribution is -2.35. The highest BCUT2D eigenvalue weighted by atomic mass is 32.2. The molecule has 19 heavy (non-hydrogen) atoms. The van der Waals surface area contributed by atoms with Crippen molar-refractivity contribution < 1.29 is 32.2 Å². The molecule has 0 aliphatic carbocycles. The molecule has 0 radical (unpaired) electrons. The molecule has 0 bridgehead atoms. The Morgan fingerprint density at radius 2 is 2.00 bits per heavy atom. The van der Waals surface area contributed by atoms with Gasteiger partial charge in [0.05, 0.1) is 6.61 Å². The molecule has 1 atom stereocenters. The van der Waals surface area contributed by atoms with Crippen molar-refractivity contribution in [1.82, 2.24) is 4.72 Å². The van der Waals surface area contributed by atoms with Crippen molar-refractivity contribution in [1.29, 1.82) is 0 Å². The summed E-state index contributed by atoms with van der Waals surface area (Å²) in [5, 5.41) is 17.4. The summed E-state index contributed by atoms with van der Waals surface area (Å²) in [4.78, 5) is 9.67. The molecule has 0 aliphatic heterocycles. The van der Waals surface area contributed by atoms with E-state index in [-0.39, 0.29) is 0 Å². The van der Waals surface area contributed by atoms with Crippen LogP contribution in [0.15, 0.2) is 17.0 Å². The second-order valence-corrected chi connectivity index (χ2v) is 5.43. The topological polar surface area (TPSA) is 104 Å². The third kappa shape index (κ3) is 3.25. The van der Waals surface area contributed by atoms with E-state index in [1.54, 1.807) is 0 Å². The third-order valence-corrected chi connectivity index (χ3v) is 3.80. The summed E-state index contributed by atoms with van der Waals surface area (Å²) >= 11 is 0. The second kappa shape index (κ2) is 5.59. The van der Waals surface area contributed by atoms with Gasteiger partial charge in [-0.05, 0) is 19.1 Å². The van der Waals surface area contributed by atoms with Crippen molar-refractivity contribution in [2.45, 2.75) is 17.9 Å². The number of aliphatic hydroxyl groups is 1. The van der Waals surface area contributed by atoms with Gasteiger partial charge in [0.2, 0.25) is 10.0 Å². The molecule has 0 aromatic heterocycles. The van der Waals surface area contributed by atoms with Crippen LogP contribution in [0.4, 0.5) is 8.78 Å². The molecular weight excluding hydrogens is 284 g/mol. The van der Waals surface area contributed by atoms with E-state index in [1.165, 1.54) is 6.92 Å². The summed E-state index contributed by atoms with van der Waals surface area (Å²) in [5.74, 6) is -4.98. The van der Waals surface area contributed by atoms with E-state index >= 15 is 0 Å². The van der Waals surface area contributed by atoms with Crippen molar-refractivity contribution in [2.24, 2.45) is 0 Å². The Hall–Kier alpha value is -1.58. The molecular formula is C10H11F2NO5S. The highest BCUT2D eigenvalue weighted by molar-refractivity contribution is 7.89. The van der Waals surface area contributed by atoms with Crippen LogP contribution in [0.5, 0.6) is 0 Å². The second-order valence-electron chi connectivity index (χ2n) is 3.74. The Bertz CT molecular complexity index is 602. The number of carboxylic acid groups (broad SMARTS) is 1. The molecule has 6 nitrogen and oxygen atoms in total. The first kappa shape index (κ1) is 15.5. The van der Waals surface area contributed by atoms with Gasteiger partial charge in [-0.3, -0.25) is 0 Å². The largest absolute Gasteiger partial charge is 0.477 e. The predicted molar refractivity (Wildman–Crippen MR) is 60.2 cm³/mol. The van der Waals surface area contributed by atoms with Crippen LogP contribution in [0.3, 0.4) is 0 Å². The van der Waals surface area contributed by atoms with Crippen LogP contribution in [0.25, 0.3) is 0 Å². The summed E-state index contributed by atoms with van der Waals surface area (Å²) in [6.07, 6.45) is 0. The molecule has 1 aromatic carbocycles. The maximum absolute atomic E-state index is 13.7. The minimum atomic E-state index is -4.39. The number of sulfonamides is 1. The zero-order valence-corrected chi connectivity index (χ0v) is 10.5. The number of hydrogen-bond donors (Lipinski definition) is 3. The van der Waals surface area contributed by atoms with Crippen LogP contribution in [0.1, 0.15) is 17.3 Å². The molecule has 0 saturated heterocycles. The lowest BCUT2D eigenvalue weighted by molar-refractivity contribution is 0.0685. The maximum Gasteiger partial charge on any atom is 0.341 e. The minimum Gasteiger partial charge on any atom is -0.477 e. The van der Waals surface area contributed by atoms with E-state index in [0.717, 1.165) is 0 Å². The molecule has 1 aromatic rings. The van der Waals surface area contributed by atoms with E-state index in [9.17, 15) is 22.0 Å². The SMILES string of the molecule is CC(CO)NS(=O)(=O)c1ccc(F)c(C(=O)O)c1F. The van der Waals surface area contributed by atoms with Crippen molar-refractivity contribution in [3.63, 3.8) is 0 Å². The molecule has 9 heteroatoms. The van der Waals surface area contributed by atoms with Crippen molar-refractivity contribution in [2.75, 3.05) is 6.61 Å². The average Bonchev–Trinajstić information content (AvgIpc) is 2.27. The summed E-state index contributed by atoms with van der Waals surface area (Å²) < 4.78 is 52.2. The fourth-order valence-corrected chi connectivity index (χ4v) is 2.62. The molecule has 0 amide bonds. The van der Waals surface area contributed by atoms with Gasteiger partial charge in [0.25, 0.3) is 0 Å². The zero-order chi connectivity index (χ0) is 14.8.